The predicted octanol–water partition coefficient (Wildman–Crippen LogP) is 3.35. The lowest BCUT2D eigenvalue weighted by atomic mass is 10.2. The number of carbonyl (C=O) groups is 2. The number of carbonyl (C=O) groups excluding carboxylic acids is 2. The lowest BCUT2D eigenvalue weighted by molar-refractivity contribution is -0.149. The average molecular weight is 380 g/mol. The highest BCUT2D eigenvalue weighted by Gasteiger charge is 2.12. The monoisotopic (exact) mass is 378 g/mol. The standard InChI is InChI=1S/C12H12Br2O4/c1-7(2)18-11(16)6-17-12-9(13)3-8(5-15)4-10(12)14/h3-5,7H,6H2,1-2H3. The normalized spacial score (nSPS) is 10.3. The summed E-state index contributed by atoms with van der Waals surface area (Å²) in [7, 11) is 0. The van der Waals surface area contributed by atoms with Gasteiger partial charge in [0, 0.05) is 5.56 Å². The summed E-state index contributed by atoms with van der Waals surface area (Å²) in [5.74, 6) is 0.0181. The molecule has 18 heavy (non-hydrogen) atoms. The second kappa shape index (κ2) is 6.89. The summed E-state index contributed by atoms with van der Waals surface area (Å²) < 4.78 is 11.5. The van der Waals surface area contributed by atoms with Crippen LogP contribution in [0, 0.1) is 0 Å². The van der Waals surface area contributed by atoms with Gasteiger partial charge in [-0.05, 0) is 57.8 Å². The molecule has 0 amide bonds. The smallest absolute Gasteiger partial charge is 0.344 e. The van der Waals surface area contributed by atoms with Crippen molar-refractivity contribution >= 4 is 44.1 Å². The van der Waals surface area contributed by atoms with Gasteiger partial charge in [-0.1, -0.05) is 0 Å². The molecule has 0 bridgehead atoms. The van der Waals surface area contributed by atoms with Gasteiger partial charge in [0.2, 0.25) is 0 Å². The Labute approximate surface area is 122 Å². The van der Waals surface area contributed by atoms with Crippen molar-refractivity contribution in [1.82, 2.24) is 0 Å². The summed E-state index contributed by atoms with van der Waals surface area (Å²) in [6.45, 7) is 3.35. The summed E-state index contributed by atoms with van der Waals surface area (Å²) in [6, 6.07) is 3.22. The molecule has 0 N–H and O–H groups in total. The van der Waals surface area contributed by atoms with Crippen molar-refractivity contribution in [3.8, 4) is 5.75 Å². The van der Waals surface area contributed by atoms with Crippen LogP contribution in [-0.2, 0) is 9.53 Å². The minimum absolute atomic E-state index is 0.176. The Kier molecular flexibility index (Phi) is 5.81. The second-order valence-corrected chi connectivity index (χ2v) is 5.47. The number of hydrogen-bond donors (Lipinski definition) is 0. The fourth-order valence-electron chi connectivity index (χ4n) is 1.21. The molecule has 4 nitrogen and oxygen atoms in total. The maximum atomic E-state index is 11.3. The third kappa shape index (κ3) is 4.42. The van der Waals surface area contributed by atoms with Gasteiger partial charge in [0.1, 0.15) is 12.0 Å². The van der Waals surface area contributed by atoms with E-state index in [4.69, 9.17) is 9.47 Å². The van der Waals surface area contributed by atoms with Crippen molar-refractivity contribution in [1.29, 1.82) is 0 Å². The molecule has 0 unspecified atom stereocenters. The number of hydrogen-bond acceptors (Lipinski definition) is 4. The molecule has 0 aliphatic rings. The van der Waals surface area contributed by atoms with Crippen LogP contribution in [0.2, 0.25) is 0 Å². The number of benzene rings is 1. The fraction of sp³-hybridized carbons (Fsp3) is 0.333. The number of aldehydes is 1. The van der Waals surface area contributed by atoms with E-state index in [-0.39, 0.29) is 12.7 Å². The SMILES string of the molecule is CC(C)OC(=O)COc1c(Br)cc(C=O)cc1Br. The van der Waals surface area contributed by atoms with E-state index in [1.165, 1.54) is 0 Å². The molecule has 0 fully saturated rings. The highest BCUT2D eigenvalue weighted by molar-refractivity contribution is 9.11. The van der Waals surface area contributed by atoms with E-state index >= 15 is 0 Å². The third-order valence-electron chi connectivity index (χ3n) is 1.86. The summed E-state index contributed by atoms with van der Waals surface area (Å²) >= 11 is 6.55. The molecule has 0 spiro atoms. The number of esters is 1. The van der Waals surface area contributed by atoms with Crippen molar-refractivity contribution in [2.45, 2.75) is 20.0 Å². The summed E-state index contributed by atoms with van der Waals surface area (Å²) in [5.41, 5.74) is 0.505. The van der Waals surface area contributed by atoms with E-state index in [2.05, 4.69) is 31.9 Å². The maximum Gasteiger partial charge on any atom is 0.344 e. The van der Waals surface area contributed by atoms with Crippen LogP contribution in [0.15, 0.2) is 21.1 Å². The van der Waals surface area contributed by atoms with Gasteiger partial charge in [0.15, 0.2) is 6.61 Å². The van der Waals surface area contributed by atoms with Crippen LogP contribution < -0.4 is 4.74 Å². The van der Waals surface area contributed by atoms with E-state index in [1.54, 1.807) is 26.0 Å². The summed E-state index contributed by atoms with van der Waals surface area (Å²) in [5, 5.41) is 0. The van der Waals surface area contributed by atoms with Gasteiger partial charge in [-0.2, -0.15) is 0 Å². The molecule has 0 saturated heterocycles. The van der Waals surface area contributed by atoms with Crippen molar-refractivity contribution in [2.24, 2.45) is 0 Å². The van der Waals surface area contributed by atoms with E-state index in [9.17, 15) is 9.59 Å². The molecule has 0 heterocycles. The zero-order chi connectivity index (χ0) is 13.7. The lowest BCUT2D eigenvalue weighted by Crippen LogP contribution is -2.19. The zero-order valence-corrected chi connectivity index (χ0v) is 13.1. The first-order chi connectivity index (χ1) is 8.43. The van der Waals surface area contributed by atoms with E-state index in [0.717, 1.165) is 6.29 Å². The minimum atomic E-state index is -0.441. The molecule has 0 aliphatic carbocycles. The van der Waals surface area contributed by atoms with Gasteiger partial charge >= 0.3 is 5.97 Å². The first kappa shape index (κ1) is 15.2. The molecule has 0 radical (unpaired) electrons. The first-order valence-corrected chi connectivity index (χ1v) is 6.79. The molecular formula is C12H12Br2O4. The molecule has 98 valence electrons. The van der Waals surface area contributed by atoms with Crippen molar-refractivity contribution < 1.29 is 19.1 Å². The van der Waals surface area contributed by atoms with Gasteiger partial charge in [-0.15, -0.1) is 0 Å². The van der Waals surface area contributed by atoms with Crippen LogP contribution in [-0.4, -0.2) is 25.0 Å². The summed E-state index contributed by atoms with van der Waals surface area (Å²) in [6.07, 6.45) is 0.553. The van der Waals surface area contributed by atoms with E-state index < -0.39 is 5.97 Å². The molecule has 0 atom stereocenters. The number of halogens is 2. The van der Waals surface area contributed by atoms with Crippen molar-refractivity contribution in [3.05, 3.63) is 26.6 Å². The van der Waals surface area contributed by atoms with E-state index in [0.29, 0.717) is 20.3 Å². The highest BCUT2D eigenvalue weighted by Crippen LogP contribution is 2.34. The molecule has 1 aromatic carbocycles. The Hall–Kier alpha value is -0.880. The molecule has 0 saturated carbocycles. The largest absolute Gasteiger partial charge is 0.480 e. The third-order valence-corrected chi connectivity index (χ3v) is 3.04. The Morgan fingerprint density at radius 3 is 2.33 bits per heavy atom. The quantitative estimate of drug-likeness (QED) is 0.581. The number of ether oxygens (including phenoxy) is 2. The second-order valence-electron chi connectivity index (χ2n) is 3.76. The number of rotatable bonds is 5. The minimum Gasteiger partial charge on any atom is -0.480 e. The molecule has 0 aliphatic heterocycles. The Morgan fingerprint density at radius 2 is 1.89 bits per heavy atom. The molecular weight excluding hydrogens is 368 g/mol. The molecule has 1 aromatic rings. The van der Waals surface area contributed by atoms with Crippen molar-refractivity contribution in [3.63, 3.8) is 0 Å². The van der Waals surface area contributed by atoms with E-state index in [1.807, 2.05) is 0 Å². The maximum absolute atomic E-state index is 11.3. The van der Waals surface area contributed by atoms with Crippen LogP contribution in [0.5, 0.6) is 5.75 Å². The Bertz CT molecular complexity index is 434. The topological polar surface area (TPSA) is 52.6 Å². The lowest BCUT2D eigenvalue weighted by Gasteiger charge is -2.12. The van der Waals surface area contributed by atoms with Gasteiger partial charge < -0.3 is 9.47 Å². The Morgan fingerprint density at radius 1 is 1.33 bits per heavy atom. The predicted molar refractivity (Wildman–Crippen MR) is 74.0 cm³/mol. The zero-order valence-electron chi connectivity index (χ0n) is 9.91. The highest BCUT2D eigenvalue weighted by atomic mass is 79.9. The molecule has 1 rings (SSSR count). The average Bonchev–Trinajstić information content (AvgIpc) is 2.26. The van der Waals surface area contributed by atoms with Crippen LogP contribution in [0.25, 0.3) is 0 Å². The Balaban J connectivity index is 2.73. The fourth-order valence-corrected chi connectivity index (χ4v) is 2.66. The van der Waals surface area contributed by atoms with Crippen LogP contribution in [0.3, 0.4) is 0 Å². The van der Waals surface area contributed by atoms with Crippen LogP contribution >= 0.6 is 31.9 Å². The summed E-state index contributed by atoms with van der Waals surface area (Å²) in [4.78, 5) is 22.0. The van der Waals surface area contributed by atoms with Gasteiger partial charge in [-0.3, -0.25) is 4.79 Å². The van der Waals surface area contributed by atoms with Crippen molar-refractivity contribution in [2.75, 3.05) is 6.61 Å². The molecule has 6 heteroatoms. The molecule has 0 aromatic heterocycles. The van der Waals surface area contributed by atoms with Gasteiger partial charge in [-0.25, -0.2) is 4.79 Å². The van der Waals surface area contributed by atoms with Crippen LogP contribution in [0.4, 0.5) is 0 Å². The first-order valence-electron chi connectivity index (χ1n) is 5.20. The van der Waals surface area contributed by atoms with Gasteiger partial charge in [0.05, 0.1) is 15.0 Å². The van der Waals surface area contributed by atoms with Gasteiger partial charge in [0.25, 0.3) is 0 Å². The van der Waals surface area contributed by atoms with Crippen LogP contribution in [0.1, 0.15) is 24.2 Å².